The molecule has 2 nitrogen and oxygen atoms in total. The monoisotopic (exact) mass is 327 g/mol. The summed E-state index contributed by atoms with van der Waals surface area (Å²) in [6, 6.07) is 5.12. The molecule has 1 aliphatic heterocycles. The SMILES string of the molecule is C[I-]N1CC2CC1C=C2c1ccnc(C)c1. The first-order valence-electron chi connectivity index (χ1n) is 5.69. The molecule has 2 atom stereocenters. The number of rotatable bonds is 2. The minimum atomic E-state index is 0.268. The molecule has 0 aromatic carbocycles. The second kappa shape index (κ2) is 4.11. The fraction of sp³-hybridized carbons (Fsp3) is 0.462. The Morgan fingerprint density at radius 3 is 3.00 bits per heavy atom. The molecule has 2 heterocycles. The first-order valence-corrected chi connectivity index (χ1v) is 8.81. The third-order valence-corrected chi connectivity index (χ3v) is 5.89. The van der Waals surface area contributed by atoms with Crippen LogP contribution < -0.4 is 21.5 Å². The van der Waals surface area contributed by atoms with Crippen molar-refractivity contribution in [2.75, 3.05) is 11.5 Å². The molecule has 1 aliphatic carbocycles. The van der Waals surface area contributed by atoms with E-state index in [-0.39, 0.29) is 21.5 Å². The fourth-order valence-corrected chi connectivity index (χ4v) is 4.77. The first kappa shape index (κ1) is 10.7. The Morgan fingerprint density at radius 1 is 1.50 bits per heavy atom. The van der Waals surface area contributed by atoms with Gasteiger partial charge in [-0.3, -0.25) is 0 Å². The Hall–Kier alpha value is -0.420. The fourth-order valence-electron chi connectivity index (χ4n) is 2.80. The van der Waals surface area contributed by atoms with Crippen molar-refractivity contribution in [2.45, 2.75) is 19.4 Å². The van der Waals surface area contributed by atoms with Crippen LogP contribution in [0.25, 0.3) is 5.57 Å². The van der Waals surface area contributed by atoms with Gasteiger partial charge in [-0.2, -0.15) is 0 Å². The zero-order valence-corrected chi connectivity index (χ0v) is 11.8. The maximum absolute atomic E-state index is 4.27. The van der Waals surface area contributed by atoms with Crippen LogP contribution in [0.3, 0.4) is 0 Å². The van der Waals surface area contributed by atoms with E-state index in [1.165, 1.54) is 18.5 Å². The van der Waals surface area contributed by atoms with Gasteiger partial charge in [0.15, 0.2) is 0 Å². The molecule has 16 heavy (non-hydrogen) atoms. The van der Waals surface area contributed by atoms with Gasteiger partial charge in [-0.15, -0.1) is 0 Å². The number of alkyl halides is 1. The number of hydrogen-bond donors (Lipinski definition) is 0. The second-order valence-electron chi connectivity index (χ2n) is 4.56. The second-order valence-corrected chi connectivity index (χ2v) is 6.76. The van der Waals surface area contributed by atoms with Gasteiger partial charge < -0.3 is 0 Å². The molecule has 1 aromatic rings. The van der Waals surface area contributed by atoms with Crippen LogP contribution in [-0.2, 0) is 0 Å². The van der Waals surface area contributed by atoms with Crippen molar-refractivity contribution in [3.05, 3.63) is 35.7 Å². The summed E-state index contributed by atoms with van der Waals surface area (Å²) in [5.74, 6) is 0.784. The van der Waals surface area contributed by atoms with Gasteiger partial charge in [-0.05, 0) is 0 Å². The number of aryl methyl sites for hydroxylation is 1. The van der Waals surface area contributed by atoms with Crippen LogP contribution in [0.1, 0.15) is 17.7 Å². The molecule has 0 amide bonds. The van der Waals surface area contributed by atoms with Crippen LogP contribution >= 0.6 is 0 Å². The third-order valence-electron chi connectivity index (χ3n) is 3.54. The topological polar surface area (TPSA) is 16.1 Å². The summed E-state index contributed by atoms with van der Waals surface area (Å²) in [6.45, 7) is 3.36. The molecule has 0 N–H and O–H groups in total. The quantitative estimate of drug-likeness (QED) is 0.398. The summed E-state index contributed by atoms with van der Waals surface area (Å²) in [6.07, 6.45) is 5.78. The first-order chi connectivity index (χ1) is 7.78. The van der Waals surface area contributed by atoms with E-state index < -0.39 is 0 Å². The Balaban J connectivity index is 1.91. The van der Waals surface area contributed by atoms with Gasteiger partial charge in [-0.1, -0.05) is 0 Å². The van der Waals surface area contributed by atoms with E-state index in [0.717, 1.165) is 17.7 Å². The number of aromatic nitrogens is 1. The van der Waals surface area contributed by atoms with Gasteiger partial charge in [0.05, 0.1) is 0 Å². The maximum atomic E-state index is 4.27. The van der Waals surface area contributed by atoms with Crippen molar-refractivity contribution in [1.29, 1.82) is 0 Å². The average molecular weight is 327 g/mol. The van der Waals surface area contributed by atoms with Crippen molar-refractivity contribution in [2.24, 2.45) is 5.92 Å². The van der Waals surface area contributed by atoms with Gasteiger partial charge in [0.1, 0.15) is 0 Å². The Kier molecular flexibility index (Phi) is 2.75. The minimum absolute atomic E-state index is 0.268. The van der Waals surface area contributed by atoms with Gasteiger partial charge in [0.25, 0.3) is 0 Å². The van der Waals surface area contributed by atoms with E-state index in [4.69, 9.17) is 0 Å². The predicted molar refractivity (Wildman–Crippen MR) is 61.5 cm³/mol. The van der Waals surface area contributed by atoms with Gasteiger partial charge in [-0.25, -0.2) is 0 Å². The number of fused-ring (bicyclic) bond motifs is 2. The summed E-state index contributed by atoms with van der Waals surface area (Å²) in [4.78, 5) is 6.64. The van der Waals surface area contributed by atoms with Crippen molar-refractivity contribution in [3.8, 4) is 0 Å². The summed E-state index contributed by atoms with van der Waals surface area (Å²) < 4.78 is 2.68. The Morgan fingerprint density at radius 2 is 2.38 bits per heavy atom. The van der Waals surface area contributed by atoms with E-state index in [0.29, 0.717) is 0 Å². The molecule has 3 heteroatoms. The molecule has 86 valence electrons. The standard InChI is InChI=1S/C13H16IN2/c1-9-5-10(3-4-15-9)13-7-12-6-11(13)8-16(12)14-2/h3-5,7,11-12H,6,8H2,1-2H3/q-1. The molecule has 2 aliphatic rings. The van der Waals surface area contributed by atoms with E-state index in [1.807, 2.05) is 6.20 Å². The zero-order valence-electron chi connectivity index (χ0n) is 9.65. The summed E-state index contributed by atoms with van der Waals surface area (Å²) in [5.41, 5.74) is 4.10. The van der Waals surface area contributed by atoms with Gasteiger partial charge in [0, 0.05) is 0 Å². The predicted octanol–water partition coefficient (Wildman–Crippen LogP) is -0.889. The van der Waals surface area contributed by atoms with Crippen molar-refractivity contribution < 1.29 is 21.5 Å². The van der Waals surface area contributed by atoms with Gasteiger partial charge >= 0.3 is 108 Å². The van der Waals surface area contributed by atoms with E-state index >= 15 is 0 Å². The Bertz CT molecular complexity index is 441. The zero-order chi connectivity index (χ0) is 11.1. The molecular weight excluding hydrogens is 311 g/mol. The molecule has 3 rings (SSSR count). The molecular formula is C13H16IN2-. The molecule has 0 saturated carbocycles. The van der Waals surface area contributed by atoms with Crippen molar-refractivity contribution in [1.82, 2.24) is 8.10 Å². The summed E-state index contributed by atoms with van der Waals surface area (Å²) >= 11 is 0.268. The third kappa shape index (κ3) is 1.70. The average Bonchev–Trinajstić information content (AvgIpc) is 2.87. The molecule has 1 aromatic heterocycles. The molecule has 2 bridgehead atoms. The van der Waals surface area contributed by atoms with E-state index in [1.54, 1.807) is 5.57 Å². The van der Waals surface area contributed by atoms with Crippen LogP contribution in [0.15, 0.2) is 24.4 Å². The van der Waals surface area contributed by atoms with Crippen LogP contribution in [0.4, 0.5) is 0 Å². The van der Waals surface area contributed by atoms with E-state index in [2.05, 4.69) is 38.2 Å². The molecule has 0 spiro atoms. The van der Waals surface area contributed by atoms with Crippen LogP contribution in [0, 0.1) is 12.8 Å². The molecule has 1 fully saturated rings. The van der Waals surface area contributed by atoms with Gasteiger partial charge in [0.2, 0.25) is 0 Å². The summed E-state index contributed by atoms with van der Waals surface area (Å²) in [5, 5.41) is 0. The number of halogens is 1. The Labute approximate surface area is 107 Å². The molecule has 1 saturated heterocycles. The molecule has 0 radical (unpaired) electrons. The van der Waals surface area contributed by atoms with Crippen LogP contribution in [0.5, 0.6) is 0 Å². The van der Waals surface area contributed by atoms with Crippen LogP contribution in [-0.4, -0.2) is 25.6 Å². The summed E-state index contributed by atoms with van der Waals surface area (Å²) in [7, 11) is 0. The normalized spacial score (nSPS) is 28.8. The van der Waals surface area contributed by atoms with Crippen molar-refractivity contribution >= 4 is 5.57 Å². The number of nitrogens with zero attached hydrogens (tertiary/aromatic N) is 2. The van der Waals surface area contributed by atoms with Crippen molar-refractivity contribution in [3.63, 3.8) is 0 Å². The number of hydrogen-bond acceptors (Lipinski definition) is 2. The number of pyridine rings is 1. The molecule has 2 unspecified atom stereocenters. The van der Waals surface area contributed by atoms with Crippen LogP contribution in [0.2, 0.25) is 0 Å². The van der Waals surface area contributed by atoms with E-state index in [9.17, 15) is 0 Å².